The Bertz CT molecular complexity index is 1350. The van der Waals surface area contributed by atoms with Crippen molar-refractivity contribution in [1.82, 2.24) is 9.97 Å². The van der Waals surface area contributed by atoms with E-state index in [0.29, 0.717) is 21.7 Å². The Labute approximate surface area is 188 Å². The second-order valence-corrected chi connectivity index (χ2v) is 7.99. The van der Waals surface area contributed by atoms with Gasteiger partial charge < -0.3 is 9.73 Å². The van der Waals surface area contributed by atoms with Crippen LogP contribution >= 0.6 is 11.6 Å². The van der Waals surface area contributed by atoms with Crippen LogP contribution < -0.4 is 10.7 Å². The summed E-state index contributed by atoms with van der Waals surface area (Å²) in [5.41, 5.74) is 2.68. The molecule has 4 rings (SSSR count). The van der Waals surface area contributed by atoms with Crippen LogP contribution in [0.5, 0.6) is 0 Å². The molecule has 0 unspecified atom stereocenters. The molecule has 0 amide bonds. The van der Waals surface area contributed by atoms with Gasteiger partial charge in [-0.25, -0.2) is 18.7 Å². The Kier molecular flexibility index (Phi) is 5.93. The van der Waals surface area contributed by atoms with E-state index in [1.54, 1.807) is 37.4 Å². The van der Waals surface area contributed by atoms with Crippen LogP contribution in [0.1, 0.15) is 41.8 Å². The number of aryl methyl sites for hydroxylation is 1. The molecule has 0 aliphatic rings. The summed E-state index contributed by atoms with van der Waals surface area (Å²) >= 11 is 5.86. The molecule has 0 aliphatic carbocycles. The lowest BCUT2D eigenvalue weighted by atomic mass is 9.99. The molecular weight excluding hydrogens is 436 g/mol. The molecule has 164 valence electrons. The minimum Gasteiger partial charge on any atom is -0.454 e. The fourth-order valence-corrected chi connectivity index (χ4v) is 3.73. The maximum absolute atomic E-state index is 13.2. The van der Waals surface area contributed by atoms with E-state index in [0.717, 1.165) is 16.8 Å². The van der Waals surface area contributed by atoms with Crippen molar-refractivity contribution in [3.05, 3.63) is 86.4 Å². The van der Waals surface area contributed by atoms with Crippen molar-refractivity contribution in [1.29, 1.82) is 0 Å². The average Bonchev–Trinajstić information content (AvgIpc) is 2.77. The van der Waals surface area contributed by atoms with Crippen LogP contribution in [0.25, 0.3) is 22.4 Å². The van der Waals surface area contributed by atoms with Crippen LogP contribution in [-0.2, 0) is 0 Å². The quantitative estimate of drug-likeness (QED) is 0.342. The van der Waals surface area contributed by atoms with Gasteiger partial charge in [-0.15, -0.1) is 0 Å². The molecule has 5 nitrogen and oxygen atoms in total. The van der Waals surface area contributed by atoms with E-state index in [1.165, 1.54) is 12.1 Å². The molecule has 32 heavy (non-hydrogen) atoms. The highest BCUT2D eigenvalue weighted by atomic mass is 35.5. The predicted molar refractivity (Wildman–Crippen MR) is 121 cm³/mol. The van der Waals surface area contributed by atoms with E-state index >= 15 is 0 Å². The molecule has 3 aromatic heterocycles. The molecule has 0 saturated carbocycles. The SMILES string of the molecule is Cc1cc([C@@H](C)Nc2ccc(Cl)nc2)c2oc(-c3cccc(C(F)F)n3)c(C)c(=O)c2c1. The maximum Gasteiger partial charge on any atom is 0.280 e. The van der Waals surface area contributed by atoms with Crippen molar-refractivity contribution in [2.45, 2.75) is 33.2 Å². The topological polar surface area (TPSA) is 68.0 Å². The molecule has 0 radical (unpaired) electrons. The minimum atomic E-state index is -2.72. The molecule has 0 spiro atoms. The highest BCUT2D eigenvalue weighted by Gasteiger charge is 2.20. The number of fused-ring (bicyclic) bond motifs is 1. The standard InChI is InChI=1S/C24H20ClF2N3O2/c1-12-9-16(14(3)29-15-7-8-20(25)28-11-15)23-17(10-12)21(31)13(2)22(32-23)18-5-4-6-19(30-18)24(26)27/h4-11,14,24,29H,1-3H3/t14-/m1/s1. The first kappa shape index (κ1) is 21.9. The summed E-state index contributed by atoms with van der Waals surface area (Å²) in [4.78, 5) is 21.3. The molecule has 0 fully saturated rings. The van der Waals surface area contributed by atoms with Crippen LogP contribution in [0.15, 0.2) is 57.9 Å². The highest BCUT2D eigenvalue weighted by molar-refractivity contribution is 6.29. The number of rotatable bonds is 5. The molecule has 1 aromatic carbocycles. The van der Waals surface area contributed by atoms with Crippen LogP contribution in [-0.4, -0.2) is 9.97 Å². The highest BCUT2D eigenvalue weighted by Crippen LogP contribution is 2.32. The fraction of sp³-hybridized carbons (Fsp3) is 0.208. The van der Waals surface area contributed by atoms with Gasteiger partial charge in [0.2, 0.25) is 0 Å². The van der Waals surface area contributed by atoms with E-state index in [1.807, 2.05) is 19.9 Å². The fourth-order valence-electron chi connectivity index (χ4n) is 3.62. The average molecular weight is 456 g/mol. The van der Waals surface area contributed by atoms with Gasteiger partial charge in [-0.2, -0.15) is 0 Å². The summed E-state index contributed by atoms with van der Waals surface area (Å²) in [6.45, 7) is 5.44. The number of halogens is 3. The van der Waals surface area contributed by atoms with Crippen LogP contribution in [0, 0.1) is 13.8 Å². The summed E-state index contributed by atoms with van der Waals surface area (Å²) in [5.74, 6) is 0.176. The van der Waals surface area contributed by atoms with Gasteiger partial charge in [0.25, 0.3) is 6.43 Å². The van der Waals surface area contributed by atoms with E-state index in [4.69, 9.17) is 16.0 Å². The van der Waals surface area contributed by atoms with Crippen molar-refractivity contribution in [2.75, 3.05) is 5.32 Å². The summed E-state index contributed by atoms with van der Waals surface area (Å²) in [5, 5.41) is 4.13. The lowest BCUT2D eigenvalue weighted by Crippen LogP contribution is -2.13. The van der Waals surface area contributed by atoms with Crippen molar-refractivity contribution >= 4 is 28.3 Å². The first-order valence-corrected chi connectivity index (χ1v) is 10.3. The molecule has 8 heteroatoms. The van der Waals surface area contributed by atoms with Crippen LogP contribution in [0.3, 0.4) is 0 Å². The number of nitrogens with zero attached hydrogens (tertiary/aromatic N) is 2. The number of nitrogens with one attached hydrogen (secondary N) is 1. The number of hydrogen-bond acceptors (Lipinski definition) is 5. The van der Waals surface area contributed by atoms with Crippen LogP contribution in [0.4, 0.5) is 14.5 Å². The summed E-state index contributed by atoms with van der Waals surface area (Å²) < 4.78 is 32.5. The zero-order valence-corrected chi connectivity index (χ0v) is 18.4. The van der Waals surface area contributed by atoms with Gasteiger partial charge in [0, 0.05) is 11.1 Å². The van der Waals surface area contributed by atoms with E-state index in [2.05, 4.69) is 15.3 Å². The predicted octanol–water partition coefficient (Wildman–Crippen LogP) is 6.63. The van der Waals surface area contributed by atoms with Gasteiger partial charge in [-0.05, 0) is 56.7 Å². The molecular formula is C24H20ClF2N3O2. The lowest BCUT2D eigenvalue weighted by molar-refractivity contribution is 0.146. The maximum atomic E-state index is 13.2. The number of pyridine rings is 2. The monoisotopic (exact) mass is 455 g/mol. The third-order valence-corrected chi connectivity index (χ3v) is 5.42. The van der Waals surface area contributed by atoms with Crippen molar-refractivity contribution in [2.24, 2.45) is 0 Å². The molecule has 0 aliphatic heterocycles. The lowest BCUT2D eigenvalue weighted by Gasteiger charge is -2.18. The Morgan fingerprint density at radius 2 is 1.91 bits per heavy atom. The van der Waals surface area contributed by atoms with E-state index in [9.17, 15) is 13.6 Å². The second kappa shape index (κ2) is 8.67. The Balaban J connectivity index is 1.88. The Hall–Kier alpha value is -3.32. The van der Waals surface area contributed by atoms with Crippen molar-refractivity contribution < 1.29 is 13.2 Å². The third-order valence-electron chi connectivity index (χ3n) is 5.20. The Morgan fingerprint density at radius 3 is 2.59 bits per heavy atom. The molecule has 1 N–H and O–H groups in total. The number of hydrogen-bond donors (Lipinski definition) is 1. The largest absolute Gasteiger partial charge is 0.454 e. The Morgan fingerprint density at radius 1 is 1.12 bits per heavy atom. The van der Waals surface area contributed by atoms with Gasteiger partial charge >= 0.3 is 0 Å². The number of alkyl halides is 2. The summed E-state index contributed by atoms with van der Waals surface area (Å²) in [6.07, 6.45) is -1.11. The zero-order chi connectivity index (χ0) is 23.0. The smallest absolute Gasteiger partial charge is 0.280 e. The van der Waals surface area contributed by atoms with Gasteiger partial charge in [-0.3, -0.25) is 4.79 Å². The third kappa shape index (κ3) is 4.21. The van der Waals surface area contributed by atoms with E-state index in [-0.39, 0.29) is 28.6 Å². The number of aromatic nitrogens is 2. The first-order valence-electron chi connectivity index (χ1n) is 9.96. The van der Waals surface area contributed by atoms with Gasteiger partial charge in [-0.1, -0.05) is 23.7 Å². The number of benzene rings is 1. The van der Waals surface area contributed by atoms with Gasteiger partial charge in [0.1, 0.15) is 22.1 Å². The number of anilines is 1. The van der Waals surface area contributed by atoms with Crippen LogP contribution in [0.2, 0.25) is 5.15 Å². The first-order chi connectivity index (χ1) is 15.2. The van der Waals surface area contributed by atoms with E-state index < -0.39 is 6.43 Å². The van der Waals surface area contributed by atoms with Gasteiger partial charge in [0.15, 0.2) is 11.2 Å². The minimum absolute atomic E-state index is 0.176. The normalized spacial score (nSPS) is 12.3. The molecule has 3 heterocycles. The zero-order valence-electron chi connectivity index (χ0n) is 17.6. The molecule has 4 aromatic rings. The second-order valence-electron chi connectivity index (χ2n) is 7.60. The molecule has 1 atom stereocenters. The van der Waals surface area contributed by atoms with Crippen molar-refractivity contribution in [3.8, 4) is 11.5 Å². The summed E-state index contributed by atoms with van der Waals surface area (Å²) in [6, 6.07) is 11.2. The molecule has 0 bridgehead atoms. The summed E-state index contributed by atoms with van der Waals surface area (Å²) in [7, 11) is 0. The van der Waals surface area contributed by atoms with Crippen molar-refractivity contribution in [3.63, 3.8) is 0 Å². The van der Waals surface area contributed by atoms with Gasteiger partial charge in [0.05, 0.1) is 23.3 Å². The molecule has 0 saturated heterocycles.